The highest BCUT2D eigenvalue weighted by atomic mass is 32.1. The van der Waals surface area contributed by atoms with E-state index in [1.807, 2.05) is 11.3 Å². The Labute approximate surface area is 214 Å². The molecule has 0 amide bonds. The summed E-state index contributed by atoms with van der Waals surface area (Å²) < 4.78 is 3.60. The van der Waals surface area contributed by atoms with Crippen molar-refractivity contribution in [1.29, 1.82) is 0 Å². The topological polar surface area (TPSA) is 40.8 Å². The van der Waals surface area contributed by atoms with Crippen molar-refractivity contribution in [3.05, 3.63) is 47.4 Å². The third kappa shape index (κ3) is 6.19. The monoisotopic (exact) mass is 489 g/mol. The zero-order valence-corrected chi connectivity index (χ0v) is 22.8. The van der Waals surface area contributed by atoms with Gasteiger partial charge in [0.25, 0.3) is 0 Å². The molecular formula is C30H41N4S+. The molecule has 0 radical (unpaired) electrons. The lowest BCUT2D eigenvalue weighted by Gasteiger charge is -2.14. The number of pyridine rings is 1. The summed E-state index contributed by atoms with van der Waals surface area (Å²) in [7, 11) is 0. The predicted molar refractivity (Wildman–Crippen MR) is 154 cm³/mol. The predicted octanol–water partition coefficient (Wildman–Crippen LogP) is 7.62. The highest BCUT2D eigenvalue weighted by Crippen LogP contribution is 2.36. The average molecular weight is 490 g/mol. The molecule has 0 spiro atoms. The zero-order valence-electron chi connectivity index (χ0n) is 22.0. The molecule has 0 fully saturated rings. The standard InChI is InChI=1S/C30H40N4S/c1-5-8-9-10-11-12-13-14-19-31-26-21-28-30(24-17-15-22(4)32-29(24)26)33-25-18-16-23(20-27(25)35-28)34(6-2)7-3/h15-18,20-21H,5-14,19H2,1-4H3/p+1. The number of anilines is 1. The highest BCUT2D eigenvalue weighted by molar-refractivity contribution is 7.21. The molecule has 35 heavy (non-hydrogen) atoms. The van der Waals surface area contributed by atoms with Gasteiger partial charge in [0, 0.05) is 29.8 Å². The van der Waals surface area contributed by atoms with Crippen molar-refractivity contribution in [2.75, 3.05) is 25.0 Å². The van der Waals surface area contributed by atoms with Crippen LogP contribution >= 0.6 is 11.3 Å². The summed E-state index contributed by atoms with van der Waals surface area (Å²) in [6, 6.07) is 13.2. The van der Waals surface area contributed by atoms with E-state index in [1.165, 1.54) is 66.3 Å². The first-order valence-electron chi connectivity index (χ1n) is 13.6. The Morgan fingerprint density at radius 1 is 0.800 bits per heavy atom. The molecule has 4 rings (SSSR count). The molecule has 0 saturated heterocycles. The number of nitrogens with zero attached hydrogens (tertiary/aromatic N) is 3. The van der Waals surface area contributed by atoms with E-state index >= 15 is 0 Å². The summed E-state index contributed by atoms with van der Waals surface area (Å²) in [5.74, 6) is 0. The number of benzene rings is 2. The van der Waals surface area contributed by atoms with Crippen molar-refractivity contribution in [3.63, 3.8) is 0 Å². The van der Waals surface area contributed by atoms with E-state index in [0.717, 1.165) is 53.1 Å². The summed E-state index contributed by atoms with van der Waals surface area (Å²) in [6.07, 6.45) is 10.7. The van der Waals surface area contributed by atoms with Crippen molar-refractivity contribution >= 4 is 38.1 Å². The third-order valence-electron chi connectivity index (χ3n) is 6.92. The van der Waals surface area contributed by atoms with Crippen LogP contribution in [0.25, 0.3) is 31.7 Å². The minimum atomic E-state index is 0.989. The quantitative estimate of drug-likeness (QED) is 0.0963. The lowest BCUT2D eigenvalue weighted by molar-refractivity contribution is 0.581. The smallest absolute Gasteiger partial charge is 0.201 e. The molecule has 0 bridgehead atoms. The van der Waals surface area contributed by atoms with Crippen LogP contribution in [0.3, 0.4) is 0 Å². The second-order valence-corrected chi connectivity index (χ2v) is 10.6. The number of hydrogen-bond acceptors (Lipinski definition) is 4. The maximum absolute atomic E-state index is 5.10. The number of rotatable bonds is 12. The van der Waals surface area contributed by atoms with Gasteiger partial charge in [0.1, 0.15) is 13.1 Å². The SMILES string of the molecule is CCCCCCCCCCNc1cc2sc3cc(=[N+](CC)CC)ccc-3nc2c2ccc(C)nc12. The van der Waals surface area contributed by atoms with Crippen molar-refractivity contribution in [1.82, 2.24) is 14.5 Å². The minimum absolute atomic E-state index is 0.989. The molecule has 1 aliphatic carbocycles. The molecule has 2 aliphatic rings. The molecule has 1 aromatic heterocycles. The molecule has 1 aliphatic heterocycles. The summed E-state index contributed by atoms with van der Waals surface area (Å²) in [4.78, 5) is 11.3. The van der Waals surface area contributed by atoms with E-state index in [1.54, 1.807) is 0 Å². The first kappa shape index (κ1) is 25.6. The lowest BCUT2D eigenvalue weighted by atomic mass is 10.1. The second-order valence-electron chi connectivity index (χ2n) is 9.56. The fourth-order valence-corrected chi connectivity index (χ4v) is 5.93. The van der Waals surface area contributed by atoms with Gasteiger partial charge in [-0.05, 0) is 51.5 Å². The highest BCUT2D eigenvalue weighted by Gasteiger charge is 2.15. The number of aromatic nitrogens is 2. The largest absolute Gasteiger partial charge is 0.383 e. The summed E-state index contributed by atoms with van der Waals surface area (Å²) >= 11 is 1.84. The van der Waals surface area contributed by atoms with E-state index in [9.17, 15) is 0 Å². The number of fused-ring (bicyclic) bond motifs is 4. The normalized spacial score (nSPS) is 11.5. The van der Waals surface area contributed by atoms with Crippen LogP contribution in [0.5, 0.6) is 0 Å². The molecule has 4 nitrogen and oxygen atoms in total. The van der Waals surface area contributed by atoms with Crippen molar-refractivity contribution in [2.45, 2.75) is 79.1 Å². The molecule has 0 unspecified atom stereocenters. The molecule has 2 aromatic rings. The molecule has 1 N–H and O–H groups in total. The van der Waals surface area contributed by atoms with E-state index in [0.29, 0.717) is 0 Å². The van der Waals surface area contributed by atoms with E-state index in [4.69, 9.17) is 9.97 Å². The number of nitrogens with one attached hydrogen (secondary N) is 1. The average Bonchev–Trinajstić information content (AvgIpc) is 2.87. The van der Waals surface area contributed by atoms with Gasteiger partial charge in [-0.15, -0.1) is 11.3 Å². The van der Waals surface area contributed by atoms with Gasteiger partial charge < -0.3 is 5.32 Å². The summed E-state index contributed by atoms with van der Waals surface area (Å²) in [5, 5.41) is 6.13. The van der Waals surface area contributed by atoms with Gasteiger partial charge in [-0.25, -0.2) is 9.56 Å². The van der Waals surface area contributed by atoms with Crippen LogP contribution in [0.4, 0.5) is 5.69 Å². The Morgan fingerprint density at radius 2 is 1.54 bits per heavy atom. The first-order chi connectivity index (χ1) is 17.1. The molecular weight excluding hydrogens is 448 g/mol. The summed E-state index contributed by atoms with van der Waals surface area (Å²) in [6.45, 7) is 11.8. The number of hydrogen-bond donors (Lipinski definition) is 1. The Kier molecular flexibility index (Phi) is 9.08. The third-order valence-corrected chi connectivity index (χ3v) is 8.00. The molecule has 0 atom stereocenters. The number of aryl methyl sites for hydroxylation is 1. The van der Waals surface area contributed by atoms with Crippen molar-refractivity contribution < 1.29 is 0 Å². The molecule has 186 valence electrons. The molecule has 5 heteroatoms. The van der Waals surface area contributed by atoms with Gasteiger partial charge in [0.2, 0.25) is 5.36 Å². The van der Waals surface area contributed by atoms with E-state index in [2.05, 4.69) is 74.0 Å². The summed E-state index contributed by atoms with van der Waals surface area (Å²) in [5.41, 5.74) is 5.32. The van der Waals surface area contributed by atoms with Gasteiger partial charge in [-0.2, -0.15) is 0 Å². The number of unbranched alkanes of at least 4 members (excludes halogenated alkanes) is 7. The van der Waals surface area contributed by atoms with Gasteiger partial charge in [0.05, 0.1) is 32.0 Å². The van der Waals surface area contributed by atoms with Crippen LogP contribution in [0.1, 0.15) is 77.8 Å². The molecule has 1 aromatic carbocycles. The van der Waals surface area contributed by atoms with Gasteiger partial charge in [-0.1, -0.05) is 51.9 Å². The lowest BCUT2D eigenvalue weighted by Crippen LogP contribution is -2.29. The van der Waals surface area contributed by atoms with Crippen LogP contribution in [-0.4, -0.2) is 29.6 Å². The molecule has 2 heterocycles. The van der Waals surface area contributed by atoms with Gasteiger partial charge >= 0.3 is 0 Å². The van der Waals surface area contributed by atoms with Crippen LogP contribution in [0, 0.1) is 6.92 Å². The first-order valence-corrected chi connectivity index (χ1v) is 14.4. The van der Waals surface area contributed by atoms with E-state index in [-0.39, 0.29) is 0 Å². The fraction of sp³-hybridized carbons (Fsp3) is 0.500. The van der Waals surface area contributed by atoms with Crippen molar-refractivity contribution in [2.24, 2.45) is 0 Å². The fourth-order valence-electron chi connectivity index (χ4n) is 4.86. The van der Waals surface area contributed by atoms with Gasteiger partial charge in [0.15, 0.2) is 0 Å². The molecule has 0 saturated carbocycles. The Morgan fingerprint density at radius 3 is 2.29 bits per heavy atom. The maximum Gasteiger partial charge on any atom is 0.201 e. The van der Waals surface area contributed by atoms with E-state index < -0.39 is 0 Å². The van der Waals surface area contributed by atoms with Crippen LogP contribution in [0.15, 0.2) is 36.4 Å². The zero-order chi connectivity index (χ0) is 24.6. The Balaban J connectivity index is 1.61. The minimum Gasteiger partial charge on any atom is -0.383 e. The Hall–Kier alpha value is -2.53. The second kappa shape index (κ2) is 12.4. The van der Waals surface area contributed by atoms with Crippen molar-refractivity contribution in [3.8, 4) is 10.6 Å². The van der Waals surface area contributed by atoms with Crippen LogP contribution in [-0.2, 0) is 0 Å². The Bertz CT molecular complexity index is 1300. The van der Waals surface area contributed by atoms with Crippen LogP contribution < -0.4 is 15.2 Å². The van der Waals surface area contributed by atoms with Crippen LogP contribution in [0.2, 0.25) is 0 Å². The maximum atomic E-state index is 5.10. The van der Waals surface area contributed by atoms with Gasteiger partial charge in [-0.3, -0.25) is 4.98 Å².